The second-order valence-corrected chi connectivity index (χ2v) is 3.94. The van der Waals surface area contributed by atoms with Crippen molar-refractivity contribution in [3.05, 3.63) is 42.5 Å². The molecule has 0 bridgehead atoms. The molecule has 4 nitrogen and oxygen atoms in total. The van der Waals surface area contributed by atoms with Crippen LogP contribution in [0.3, 0.4) is 0 Å². The number of hydrogen-bond acceptors (Lipinski definition) is 3. The molecule has 3 aromatic rings. The van der Waals surface area contributed by atoms with E-state index in [-0.39, 0.29) is 0 Å². The number of anilines is 1. The van der Waals surface area contributed by atoms with Gasteiger partial charge in [-0.15, -0.1) is 0 Å². The van der Waals surface area contributed by atoms with Crippen LogP contribution in [-0.2, 0) is 7.05 Å². The van der Waals surface area contributed by atoms with Crippen LogP contribution in [0.25, 0.3) is 22.6 Å². The summed E-state index contributed by atoms with van der Waals surface area (Å²) < 4.78 is 1.96. The van der Waals surface area contributed by atoms with Crippen molar-refractivity contribution in [3.8, 4) is 11.4 Å². The smallest absolute Gasteiger partial charge is 0.162 e. The molecule has 0 aliphatic heterocycles. The average molecular weight is 224 g/mol. The zero-order chi connectivity index (χ0) is 11.8. The summed E-state index contributed by atoms with van der Waals surface area (Å²) >= 11 is 0. The van der Waals surface area contributed by atoms with Gasteiger partial charge in [0.15, 0.2) is 5.65 Å². The minimum Gasteiger partial charge on any atom is -0.384 e. The summed E-state index contributed by atoms with van der Waals surface area (Å²) in [5, 5.41) is 0. The number of benzene rings is 1. The summed E-state index contributed by atoms with van der Waals surface area (Å²) in [6.45, 7) is 0. The molecule has 2 heterocycles. The number of aromatic nitrogens is 3. The monoisotopic (exact) mass is 224 g/mol. The van der Waals surface area contributed by atoms with E-state index in [0.29, 0.717) is 5.82 Å². The molecular weight excluding hydrogens is 212 g/mol. The molecule has 1 aromatic carbocycles. The molecule has 0 aliphatic rings. The van der Waals surface area contributed by atoms with Crippen molar-refractivity contribution < 1.29 is 0 Å². The minimum absolute atomic E-state index is 0.514. The zero-order valence-corrected chi connectivity index (χ0v) is 9.46. The third-order valence-corrected chi connectivity index (χ3v) is 2.77. The Hall–Kier alpha value is -2.36. The van der Waals surface area contributed by atoms with Crippen molar-refractivity contribution in [3.63, 3.8) is 0 Å². The van der Waals surface area contributed by atoms with E-state index in [1.807, 2.05) is 48.0 Å². The van der Waals surface area contributed by atoms with Crippen molar-refractivity contribution >= 4 is 17.0 Å². The van der Waals surface area contributed by atoms with Gasteiger partial charge in [0.1, 0.15) is 17.2 Å². The molecule has 0 saturated heterocycles. The summed E-state index contributed by atoms with van der Waals surface area (Å²) in [4.78, 5) is 8.87. The highest BCUT2D eigenvalue weighted by Gasteiger charge is 2.10. The number of pyridine rings is 1. The molecule has 84 valence electrons. The van der Waals surface area contributed by atoms with Gasteiger partial charge in [0.2, 0.25) is 0 Å². The van der Waals surface area contributed by atoms with Gasteiger partial charge in [0.25, 0.3) is 0 Å². The molecule has 4 heteroatoms. The lowest BCUT2D eigenvalue weighted by molar-refractivity contribution is 0.943. The number of nitrogen functional groups attached to an aromatic ring is 1. The zero-order valence-electron chi connectivity index (χ0n) is 9.46. The maximum absolute atomic E-state index is 5.69. The van der Waals surface area contributed by atoms with Gasteiger partial charge < -0.3 is 10.3 Å². The predicted molar refractivity (Wildman–Crippen MR) is 68.4 cm³/mol. The largest absolute Gasteiger partial charge is 0.384 e. The maximum Gasteiger partial charge on any atom is 0.162 e. The molecule has 0 aliphatic carbocycles. The van der Waals surface area contributed by atoms with Crippen LogP contribution in [0.15, 0.2) is 42.5 Å². The van der Waals surface area contributed by atoms with Gasteiger partial charge >= 0.3 is 0 Å². The van der Waals surface area contributed by atoms with Gasteiger partial charge in [-0.2, -0.15) is 0 Å². The molecule has 0 radical (unpaired) electrons. The summed E-state index contributed by atoms with van der Waals surface area (Å²) in [6, 6.07) is 13.7. The van der Waals surface area contributed by atoms with Crippen molar-refractivity contribution in [2.24, 2.45) is 7.05 Å². The van der Waals surface area contributed by atoms with E-state index >= 15 is 0 Å². The number of rotatable bonds is 1. The third-order valence-electron chi connectivity index (χ3n) is 2.77. The highest BCUT2D eigenvalue weighted by Crippen LogP contribution is 2.22. The Morgan fingerprint density at radius 2 is 1.76 bits per heavy atom. The van der Waals surface area contributed by atoms with E-state index in [4.69, 9.17) is 5.73 Å². The Balaban J connectivity index is 2.28. The Bertz CT molecular complexity index is 670. The van der Waals surface area contributed by atoms with Crippen molar-refractivity contribution in [2.45, 2.75) is 0 Å². The molecule has 0 fully saturated rings. The molecule has 0 spiro atoms. The van der Waals surface area contributed by atoms with Crippen LogP contribution in [0.4, 0.5) is 5.82 Å². The second kappa shape index (κ2) is 3.59. The van der Waals surface area contributed by atoms with E-state index in [9.17, 15) is 0 Å². The fourth-order valence-corrected chi connectivity index (χ4v) is 1.92. The van der Waals surface area contributed by atoms with E-state index < -0.39 is 0 Å². The fraction of sp³-hybridized carbons (Fsp3) is 0.0769. The number of fused-ring (bicyclic) bond motifs is 1. The van der Waals surface area contributed by atoms with Gasteiger partial charge in [-0.3, -0.25) is 0 Å². The Morgan fingerprint density at radius 3 is 2.53 bits per heavy atom. The lowest BCUT2D eigenvalue weighted by atomic mass is 10.2. The average Bonchev–Trinajstić information content (AvgIpc) is 2.68. The van der Waals surface area contributed by atoms with Crippen LogP contribution in [0.5, 0.6) is 0 Å². The molecule has 2 N–H and O–H groups in total. The van der Waals surface area contributed by atoms with Gasteiger partial charge in [-0.1, -0.05) is 30.3 Å². The normalized spacial score (nSPS) is 10.9. The van der Waals surface area contributed by atoms with Crippen LogP contribution in [0, 0.1) is 0 Å². The Kier molecular flexibility index (Phi) is 2.08. The summed E-state index contributed by atoms with van der Waals surface area (Å²) in [7, 11) is 1.95. The van der Waals surface area contributed by atoms with Crippen LogP contribution >= 0.6 is 0 Å². The van der Waals surface area contributed by atoms with E-state index in [2.05, 4.69) is 9.97 Å². The molecule has 0 amide bonds. The highest BCUT2D eigenvalue weighted by molar-refractivity contribution is 5.78. The lowest BCUT2D eigenvalue weighted by Crippen LogP contribution is -1.95. The van der Waals surface area contributed by atoms with E-state index in [1.54, 1.807) is 6.07 Å². The number of aryl methyl sites for hydroxylation is 1. The third kappa shape index (κ3) is 1.54. The van der Waals surface area contributed by atoms with Crippen LogP contribution < -0.4 is 5.73 Å². The lowest BCUT2D eigenvalue weighted by Gasteiger charge is -2.01. The molecule has 0 saturated carbocycles. The second-order valence-electron chi connectivity index (χ2n) is 3.94. The first-order valence-corrected chi connectivity index (χ1v) is 5.40. The van der Waals surface area contributed by atoms with Gasteiger partial charge in [-0.05, 0) is 12.1 Å². The Morgan fingerprint density at radius 1 is 1.00 bits per heavy atom. The summed E-state index contributed by atoms with van der Waals surface area (Å²) in [6.07, 6.45) is 0. The predicted octanol–water partition coefficient (Wildman–Crippen LogP) is 2.22. The molecule has 17 heavy (non-hydrogen) atoms. The van der Waals surface area contributed by atoms with Gasteiger partial charge in [0, 0.05) is 12.6 Å². The van der Waals surface area contributed by atoms with Crippen molar-refractivity contribution in [1.82, 2.24) is 14.5 Å². The van der Waals surface area contributed by atoms with Crippen LogP contribution in [0.1, 0.15) is 0 Å². The number of nitrogens with zero attached hydrogens (tertiary/aromatic N) is 3. The first kappa shape index (κ1) is 9.84. The first-order valence-electron chi connectivity index (χ1n) is 5.40. The maximum atomic E-state index is 5.69. The summed E-state index contributed by atoms with van der Waals surface area (Å²) in [5.74, 6) is 1.42. The topological polar surface area (TPSA) is 56.7 Å². The highest BCUT2D eigenvalue weighted by atomic mass is 15.1. The van der Waals surface area contributed by atoms with Crippen LogP contribution in [-0.4, -0.2) is 14.5 Å². The van der Waals surface area contributed by atoms with Crippen LogP contribution in [0.2, 0.25) is 0 Å². The molecule has 0 unspecified atom stereocenters. The van der Waals surface area contributed by atoms with Gasteiger partial charge in [0.05, 0.1) is 0 Å². The molecule has 3 rings (SSSR count). The Labute approximate surface area is 98.7 Å². The molecule has 2 aromatic heterocycles. The fourth-order valence-electron chi connectivity index (χ4n) is 1.92. The van der Waals surface area contributed by atoms with Crippen molar-refractivity contribution in [1.29, 1.82) is 0 Å². The quantitative estimate of drug-likeness (QED) is 0.689. The van der Waals surface area contributed by atoms with Crippen molar-refractivity contribution in [2.75, 3.05) is 5.73 Å². The summed E-state index contributed by atoms with van der Waals surface area (Å²) in [5.41, 5.74) is 8.43. The number of nitrogens with two attached hydrogens (primary N) is 1. The number of imidazole rings is 1. The standard InChI is InChI=1S/C13H12N4/c1-17-12(9-5-3-2-4-6-9)15-10-7-8-11(14)16-13(10)17/h2-8H,1H3,(H2,14,16). The van der Waals surface area contributed by atoms with E-state index in [1.165, 1.54) is 0 Å². The number of hydrogen-bond donors (Lipinski definition) is 1. The molecule has 0 atom stereocenters. The minimum atomic E-state index is 0.514. The van der Waals surface area contributed by atoms with Gasteiger partial charge in [-0.25, -0.2) is 9.97 Å². The first-order chi connectivity index (χ1) is 8.25. The van der Waals surface area contributed by atoms with E-state index in [0.717, 1.165) is 22.6 Å². The molecular formula is C13H12N4. The SMILES string of the molecule is Cn1c(-c2ccccc2)nc2ccc(N)nc21.